The lowest BCUT2D eigenvalue weighted by molar-refractivity contribution is -0.137. The number of nitrogens with two attached hydrogens (primary N) is 1. The van der Waals surface area contributed by atoms with E-state index in [1.54, 1.807) is 0 Å². The van der Waals surface area contributed by atoms with Gasteiger partial charge in [-0.1, -0.05) is 27.2 Å². The molecule has 1 saturated heterocycles. The molecule has 0 radical (unpaired) electrons. The van der Waals surface area contributed by atoms with Crippen molar-refractivity contribution >= 4 is 23.2 Å². The number of nitrogens with zero attached hydrogens (tertiary/aromatic N) is 2. The summed E-state index contributed by atoms with van der Waals surface area (Å²) < 4.78 is 46.6. The third-order valence-electron chi connectivity index (χ3n) is 6.21. The molecule has 0 unspecified atom stereocenters. The van der Waals surface area contributed by atoms with Crippen LogP contribution in [0.5, 0.6) is 0 Å². The first-order chi connectivity index (χ1) is 15.9. The maximum Gasteiger partial charge on any atom is 0.418 e. The number of rotatable bonds is 8. The number of hydrogen-bond donors (Lipinski definition) is 2. The fraction of sp³-hybridized carbons (Fsp3) is 0.667. The molecule has 7 nitrogen and oxygen atoms in total. The van der Waals surface area contributed by atoms with Gasteiger partial charge in [-0.25, -0.2) is 0 Å². The smallest absolute Gasteiger partial charge is 0.370 e. The molecular weight excluding hydrogens is 449 g/mol. The average molecular weight is 485 g/mol. The van der Waals surface area contributed by atoms with Crippen LogP contribution in [0.2, 0.25) is 0 Å². The predicted molar refractivity (Wildman–Crippen MR) is 124 cm³/mol. The van der Waals surface area contributed by atoms with Crippen molar-refractivity contribution in [3.05, 3.63) is 23.8 Å². The monoisotopic (exact) mass is 484 g/mol. The standard InChI is InChI=1S/C24H35F3N4O3/c1-23(2,3)15-30(13-16-5-4-6-16)20(12-28)22(33)29-17-7-8-19(18(11-17)24(25,26)27)31-9-10-34-14-21(31)32/h7-8,11,16,20H,4-6,9-10,12-15,28H2,1-3H3,(H,29,33)/t20-/m0/s1. The summed E-state index contributed by atoms with van der Waals surface area (Å²) in [5.74, 6) is -0.466. The van der Waals surface area contributed by atoms with Crippen molar-refractivity contribution in [2.24, 2.45) is 17.1 Å². The number of hydrogen-bond acceptors (Lipinski definition) is 5. The Morgan fingerprint density at radius 2 is 2.00 bits per heavy atom. The van der Waals surface area contributed by atoms with Crippen molar-refractivity contribution in [3.8, 4) is 0 Å². The van der Waals surface area contributed by atoms with Crippen LogP contribution in [0.4, 0.5) is 24.5 Å². The number of morpholine rings is 1. The van der Waals surface area contributed by atoms with Gasteiger partial charge >= 0.3 is 6.18 Å². The Hall–Kier alpha value is -2.17. The molecule has 0 spiro atoms. The van der Waals surface area contributed by atoms with Crippen molar-refractivity contribution in [2.75, 3.05) is 49.6 Å². The summed E-state index contributed by atoms with van der Waals surface area (Å²) in [7, 11) is 0. The van der Waals surface area contributed by atoms with Gasteiger partial charge in [0.05, 0.1) is 17.9 Å². The number of alkyl halides is 3. The molecule has 1 saturated carbocycles. The molecule has 0 aromatic heterocycles. The highest BCUT2D eigenvalue weighted by molar-refractivity contribution is 5.98. The molecule has 2 amide bonds. The highest BCUT2D eigenvalue weighted by Gasteiger charge is 2.38. The van der Waals surface area contributed by atoms with Gasteiger partial charge in [-0.3, -0.25) is 14.5 Å². The number of amides is 2. The van der Waals surface area contributed by atoms with Gasteiger partial charge in [-0.05, 0) is 42.4 Å². The van der Waals surface area contributed by atoms with Crippen LogP contribution in [0.25, 0.3) is 0 Å². The number of ether oxygens (including phenoxy) is 1. The summed E-state index contributed by atoms with van der Waals surface area (Å²) in [6, 6.07) is 2.83. The maximum atomic E-state index is 13.9. The highest BCUT2D eigenvalue weighted by Crippen LogP contribution is 2.39. The summed E-state index contributed by atoms with van der Waals surface area (Å²) in [5, 5.41) is 2.63. The topological polar surface area (TPSA) is 87.9 Å². The normalized spacial score (nSPS) is 18.7. The summed E-state index contributed by atoms with van der Waals surface area (Å²) in [6.07, 6.45) is -1.32. The molecule has 0 bridgehead atoms. The second-order valence-corrected chi connectivity index (χ2v) is 10.4. The van der Waals surface area contributed by atoms with Gasteiger partial charge in [0, 0.05) is 31.9 Å². The van der Waals surface area contributed by atoms with Crippen LogP contribution in [-0.4, -0.2) is 62.1 Å². The molecule has 34 heavy (non-hydrogen) atoms. The van der Waals surface area contributed by atoms with Crippen LogP contribution >= 0.6 is 0 Å². The number of nitrogens with one attached hydrogen (secondary N) is 1. The van der Waals surface area contributed by atoms with E-state index in [0.717, 1.165) is 30.4 Å². The Kier molecular flexibility index (Phi) is 8.26. The number of carbonyl (C=O) groups is 2. The zero-order valence-electron chi connectivity index (χ0n) is 20.1. The first-order valence-electron chi connectivity index (χ1n) is 11.7. The number of benzene rings is 1. The molecule has 1 aromatic rings. The van der Waals surface area contributed by atoms with Crippen LogP contribution in [0, 0.1) is 11.3 Å². The molecule has 1 heterocycles. The molecular formula is C24H35F3N4O3. The van der Waals surface area contributed by atoms with Crippen molar-refractivity contribution in [2.45, 2.75) is 52.3 Å². The van der Waals surface area contributed by atoms with Crippen molar-refractivity contribution in [1.82, 2.24) is 4.90 Å². The third kappa shape index (κ3) is 6.70. The first-order valence-corrected chi connectivity index (χ1v) is 11.7. The van der Waals surface area contributed by atoms with Gasteiger partial charge in [0.2, 0.25) is 5.91 Å². The van der Waals surface area contributed by atoms with E-state index in [1.165, 1.54) is 18.6 Å². The Labute approximate surface area is 198 Å². The minimum atomic E-state index is -4.70. The number of carbonyl (C=O) groups excluding carboxylic acids is 2. The third-order valence-corrected chi connectivity index (χ3v) is 6.21. The summed E-state index contributed by atoms with van der Waals surface area (Å²) in [4.78, 5) is 28.4. The summed E-state index contributed by atoms with van der Waals surface area (Å²) >= 11 is 0. The van der Waals surface area contributed by atoms with E-state index in [-0.39, 0.29) is 43.1 Å². The summed E-state index contributed by atoms with van der Waals surface area (Å²) in [6.45, 7) is 7.59. The van der Waals surface area contributed by atoms with E-state index >= 15 is 0 Å². The number of anilines is 2. The van der Waals surface area contributed by atoms with Gasteiger partial charge in [0.25, 0.3) is 5.91 Å². The molecule has 2 aliphatic rings. The molecule has 1 aromatic carbocycles. The molecule has 1 aliphatic carbocycles. The lowest BCUT2D eigenvalue weighted by Gasteiger charge is -2.39. The van der Waals surface area contributed by atoms with E-state index < -0.39 is 29.6 Å². The minimum Gasteiger partial charge on any atom is -0.370 e. The molecule has 2 fully saturated rings. The van der Waals surface area contributed by atoms with E-state index in [2.05, 4.69) is 31.0 Å². The molecule has 190 valence electrons. The molecule has 3 rings (SSSR count). The zero-order valence-corrected chi connectivity index (χ0v) is 20.1. The van der Waals surface area contributed by atoms with Gasteiger partial charge in [0.15, 0.2) is 0 Å². The fourth-order valence-corrected chi connectivity index (χ4v) is 4.41. The minimum absolute atomic E-state index is 0.0135. The van der Waals surface area contributed by atoms with Crippen LogP contribution in [-0.2, 0) is 20.5 Å². The van der Waals surface area contributed by atoms with Crippen LogP contribution < -0.4 is 16.0 Å². The quantitative estimate of drug-likeness (QED) is 0.590. The molecule has 10 heteroatoms. The second-order valence-electron chi connectivity index (χ2n) is 10.4. The highest BCUT2D eigenvalue weighted by atomic mass is 19.4. The SMILES string of the molecule is CC(C)(C)CN(CC1CCC1)[C@@H](CN)C(=O)Nc1ccc(N2CCOCC2=O)c(C(F)(F)F)c1. The van der Waals surface area contributed by atoms with Gasteiger partial charge in [-0.15, -0.1) is 0 Å². The summed E-state index contributed by atoms with van der Waals surface area (Å²) in [5.41, 5.74) is 4.69. The van der Waals surface area contributed by atoms with E-state index in [1.807, 2.05) is 0 Å². The van der Waals surface area contributed by atoms with Gasteiger partial charge in [-0.2, -0.15) is 13.2 Å². The molecule has 1 aliphatic heterocycles. The largest absolute Gasteiger partial charge is 0.418 e. The average Bonchev–Trinajstić information content (AvgIpc) is 2.70. The fourth-order valence-electron chi connectivity index (χ4n) is 4.41. The molecule has 1 atom stereocenters. The Bertz CT molecular complexity index is 881. The van der Waals surface area contributed by atoms with E-state index in [4.69, 9.17) is 10.5 Å². The van der Waals surface area contributed by atoms with Crippen LogP contribution in [0.1, 0.15) is 45.6 Å². The Morgan fingerprint density at radius 3 is 2.53 bits per heavy atom. The Morgan fingerprint density at radius 1 is 1.29 bits per heavy atom. The lowest BCUT2D eigenvalue weighted by Crippen LogP contribution is -2.53. The van der Waals surface area contributed by atoms with Crippen LogP contribution in [0.3, 0.4) is 0 Å². The lowest BCUT2D eigenvalue weighted by atomic mass is 9.84. The predicted octanol–water partition coefficient (Wildman–Crippen LogP) is 3.48. The van der Waals surface area contributed by atoms with Crippen molar-refractivity contribution in [1.29, 1.82) is 0 Å². The number of halogens is 3. The van der Waals surface area contributed by atoms with Gasteiger partial charge in [0.1, 0.15) is 12.6 Å². The van der Waals surface area contributed by atoms with Crippen LogP contribution in [0.15, 0.2) is 18.2 Å². The van der Waals surface area contributed by atoms with Crippen molar-refractivity contribution in [3.63, 3.8) is 0 Å². The van der Waals surface area contributed by atoms with E-state index in [9.17, 15) is 22.8 Å². The first kappa shape index (κ1) is 26.4. The van der Waals surface area contributed by atoms with E-state index in [0.29, 0.717) is 12.5 Å². The zero-order chi connectivity index (χ0) is 25.1. The van der Waals surface area contributed by atoms with Crippen molar-refractivity contribution < 1.29 is 27.5 Å². The Balaban J connectivity index is 1.83. The second kappa shape index (κ2) is 10.6. The molecule has 3 N–H and O–H groups in total. The van der Waals surface area contributed by atoms with Gasteiger partial charge < -0.3 is 20.7 Å². The maximum absolute atomic E-state index is 13.9.